The van der Waals surface area contributed by atoms with Gasteiger partial charge in [-0.25, -0.2) is 8.42 Å². The van der Waals surface area contributed by atoms with Gasteiger partial charge in [-0.2, -0.15) is 0 Å². The lowest BCUT2D eigenvalue weighted by Gasteiger charge is -2.16. The lowest BCUT2D eigenvalue weighted by atomic mass is 10.1. The molecule has 1 aromatic carbocycles. The fourth-order valence-electron chi connectivity index (χ4n) is 1.49. The van der Waals surface area contributed by atoms with Crippen LogP contribution >= 0.6 is 12.2 Å². The minimum Gasteiger partial charge on any atom is -0.389 e. The smallest absolute Gasteiger partial charge is 0.148 e. The normalized spacial score (nSPS) is 11.7. The van der Waals surface area contributed by atoms with Crippen LogP contribution in [0.25, 0.3) is 0 Å². The molecule has 0 bridgehead atoms. The highest BCUT2D eigenvalue weighted by atomic mass is 32.2. The van der Waals surface area contributed by atoms with Crippen molar-refractivity contribution in [1.29, 1.82) is 0 Å². The SMILES string of the molecule is CN(CCS(C)(=O)=O)Cc1ccc(C(N)=S)cc1. The van der Waals surface area contributed by atoms with E-state index >= 15 is 0 Å². The van der Waals surface area contributed by atoms with E-state index in [2.05, 4.69) is 0 Å². The summed E-state index contributed by atoms with van der Waals surface area (Å²) >= 11 is 4.88. The van der Waals surface area contributed by atoms with Crippen LogP contribution in [-0.2, 0) is 16.4 Å². The van der Waals surface area contributed by atoms with Gasteiger partial charge in [-0.1, -0.05) is 36.5 Å². The number of rotatable bonds is 6. The van der Waals surface area contributed by atoms with Gasteiger partial charge in [0.2, 0.25) is 0 Å². The van der Waals surface area contributed by atoms with E-state index in [0.717, 1.165) is 11.1 Å². The molecule has 0 aliphatic carbocycles. The standard InChI is InChI=1S/C12H18N2O2S2/c1-14(7-8-18(2,15)16)9-10-3-5-11(6-4-10)12(13)17/h3-6H,7-9H2,1-2H3,(H2,13,17). The predicted molar refractivity (Wildman–Crippen MR) is 78.4 cm³/mol. The topological polar surface area (TPSA) is 63.4 Å². The van der Waals surface area contributed by atoms with Gasteiger partial charge in [0.05, 0.1) is 5.75 Å². The molecule has 0 fully saturated rings. The molecule has 0 aromatic heterocycles. The highest BCUT2D eigenvalue weighted by Gasteiger charge is 2.06. The van der Waals surface area contributed by atoms with Gasteiger partial charge in [0, 0.05) is 24.9 Å². The molecule has 1 rings (SSSR count). The van der Waals surface area contributed by atoms with Gasteiger partial charge >= 0.3 is 0 Å². The van der Waals surface area contributed by atoms with Gasteiger partial charge in [0.1, 0.15) is 14.8 Å². The summed E-state index contributed by atoms with van der Waals surface area (Å²) in [5.41, 5.74) is 7.46. The van der Waals surface area contributed by atoms with Gasteiger partial charge < -0.3 is 10.6 Å². The molecule has 2 N–H and O–H groups in total. The zero-order valence-electron chi connectivity index (χ0n) is 10.6. The molecule has 1 aromatic rings. The van der Waals surface area contributed by atoms with Gasteiger partial charge in [-0.05, 0) is 12.6 Å². The van der Waals surface area contributed by atoms with E-state index in [1.54, 1.807) is 0 Å². The summed E-state index contributed by atoms with van der Waals surface area (Å²) in [6.45, 7) is 1.23. The van der Waals surface area contributed by atoms with Crippen molar-refractivity contribution in [2.24, 2.45) is 5.73 Å². The summed E-state index contributed by atoms with van der Waals surface area (Å²) in [7, 11) is -1.01. The van der Waals surface area contributed by atoms with Crippen LogP contribution in [-0.4, -0.2) is 43.9 Å². The third-order valence-corrected chi connectivity index (χ3v) is 3.69. The first-order chi connectivity index (χ1) is 8.28. The van der Waals surface area contributed by atoms with Crippen molar-refractivity contribution in [3.8, 4) is 0 Å². The molecule has 0 unspecified atom stereocenters. The summed E-state index contributed by atoms with van der Waals surface area (Å²) in [5.74, 6) is 0.175. The predicted octanol–water partition coefficient (Wildman–Crippen LogP) is 0.797. The van der Waals surface area contributed by atoms with Gasteiger partial charge in [-0.15, -0.1) is 0 Å². The van der Waals surface area contributed by atoms with E-state index in [1.165, 1.54) is 6.26 Å². The molecule has 4 nitrogen and oxygen atoms in total. The van der Waals surface area contributed by atoms with E-state index in [-0.39, 0.29) is 5.75 Å². The van der Waals surface area contributed by atoms with Crippen molar-refractivity contribution in [3.05, 3.63) is 35.4 Å². The van der Waals surface area contributed by atoms with E-state index in [1.807, 2.05) is 36.2 Å². The minimum atomic E-state index is -2.90. The summed E-state index contributed by atoms with van der Waals surface area (Å²) in [4.78, 5) is 2.35. The fourth-order valence-corrected chi connectivity index (χ4v) is 2.27. The zero-order chi connectivity index (χ0) is 13.8. The molecular formula is C12H18N2O2S2. The second kappa shape index (κ2) is 6.26. The largest absolute Gasteiger partial charge is 0.389 e. The molecule has 18 heavy (non-hydrogen) atoms. The second-order valence-corrected chi connectivity index (χ2v) is 7.13. The molecule has 6 heteroatoms. The Hall–Kier alpha value is -0.980. The van der Waals surface area contributed by atoms with E-state index in [9.17, 15) is 8.42 Å². The van der Waals surface area contributed by atoms with Crippen molar-refractivity contribution in [3.63, 3.8) is 0 Å². The van der Waals surface area contributed by atoms with E-state index < -0.39 is 9.84 Å². The van der Waals surface area contributed by atoms with E-state index in [0.29, 0.717) is 18.1 Å². The van der Waals surface area contributed by atoms with Crippen molar-refractivity contribution in [2.75, 3.05) is 25.6 Å². The van der Waals surface area contributed by atoms with Crippen LogP contribution in [0.15, 0.2) is 24.3 Å². The third kappa shape index (κ3) is 5.57. The number of nitrogens with two attached hydrogens (primary N) is 1. The molecule has 0 amide bonds. The van der Waals surface area contributed by atoms with Gasteiger partial charge in [-0.3, -0.25) is 0 Å². The molecular weight excluding hydrogens is 268 g/mol. The number of sulfone groups is 1. The summed E-state index contributed by atoms with van der Waals surface area (Å²) < 4.78 is 22.1. The van der Waals surface area contributed by atoms with Gasteiger partial charge in [0.25, 0.3) is 0 Å². The maximum atomic E-state index is 11.1. The first kappa shape index (κ1) is 15.1. The molecule has 100 valence electrons. The van der Waals surface area contributed by atoms with Crippen molar-refractivity contribution >= 4 is 27.0 Å². The average molecular weight is 286 g/mol. The number of thiocarbonyl (C=S) groups is 1. The Morgan fingerprint density at radius 2 is 1.89 bits per heavy atom. The van der Waals surface area contributed by atoms with Crippen LogP contribution in [0, 0.1) is 0 Å². The molecule has 0 saturated carbocycles. The minimum absolute atomic E-state index is 0.175. The summed E-state index contributed by atoms with van der Waals surface area (Å²) in [6.07, 6.45) is 1.25. The Morgan fingerprint density at radius 1 is 1.33 bits per heavy atom. The Labute approximate surface area is 114 Å². The number of benzene rings is 1. The van der Waals surface area contributed by atoms with Crippen LogP contribution in [0.1, 0.15) is 11.1 Å². The third-order valence-electron chi connectivity index (χ3n) is 2.53. The van der Waals surface area contributed by atoms with Crippen LogP contribution < -0.4 is 5.73 Å². The Balaban J connectivity index is 2.54. The molecule has 0 saturated heterocycles. The number of hydrogen-bond donors (Lipinski definition) is 1. The maximum Gasteiger partial charge on any atom is 0.148 e. The molecule has 0 heterocycles. The zero-order valence-corrected chi connectivity index (χ0v) is 12.2. The first-order valence-electron chi connectivity index (χ1n) is 5.53. The monoisotopic (exact) mass is 286 g/mol. The van der Waals surface area contributed by atoms with Crippen LogP contribution in [0.4, 0.5) is 0 Å². The summed E-state index contributed by atoms with van der Waals surface area (Å²) in [5, 5.41) is 0. The Kier molecular flexibility index (Phi) is 5.25. The number of nitrogens with zero attached hydrogens (tertiary/aromatic N) is 1. The molecule has 0 aliphatic heterocycles. The van der Waals surface area contributed by atoms with Crippen molar-refractivity contribution in [1.82, 2.24) is 4.90 Å². The Bertz CT molecular complexity index is 509. The summed E-state index contributed by atoms with van der Waals surface area (Å²) in [6, 6.07) is 7.65. The van der Waals surface area contributed by atoms with Crippen LogP contribution in [0.5, 0.6) is 0 Å². The number of hydrogen-bond acceptors (Lipinski definition) is 4. The Morgan fingerprint density at radius 3 is 2.33 bits per heavy atom. The van der Waals surface area contributed by atoms with Crippen LogP contribution in [0.3, 0.4) is 0 Å². The second-order valence-electron chi connectivity index (χ2n) is 4.43. The van der Waals surface area contributed by atoms with E-state index in [4.69, 9.17) is 18.0 Å². The molecule has 0 atom stereocenters. The van der Waals surface area contributed by atoms with Gasteiger partial charge in [0.15, 0.2) is 0 Å². The highest BCUT2D eigenvalue weighted by Crippen LogP contribution is 2.07. The first-order valence-corrected chi connectivity index (χ1v) is 8.00. The maximum absolute atomic E-state index is 11.1. The molecule has 0 aliphatic rings. The van der Waals surface area contributed by atoms with Crippen LogP contribution in [0.2, 0.25) is 0 Å². The molecule has 0 radical (unpaired) electrons. The van der Waals surface area contributed by atoms with Crippen molar-refractivity contribution in [2.45, 2.75) is 6.54 Å². The molecule has 0 spiro atoms. The fraction of sp³-hybridized carbons (Fsp3) is 0.417. The highest BCUT2D eigenvalue weighted by molar-refractivity contribution is 7.90. The average Bonchev–Trinajstić information content (AvgIpc) is 2.26. The lowest BCUT2D eigenvalue weighted by Crippen LogP contribution is -2.24. The van der Waals surface area contributed by atoms with Crippen molar-refractivity contribution < 1.29 is 8.42 Å². The lowest BCUT2D eigenvalue weighted by molar-refractivity contribution is 0.346. The quantitative estimate of drug-likeness (QED) is 0.784.